The van der Waals surface area contributed by atoms with Gasteiger partial charge in [-0.2, -0.15) is 0 Å². The van der Waals surface area contributed by atoms with Crippen LogP contribution < -0.4 is 0 Å². The van der Waals surface area contributed by atoms with Crippen LogP contribution in [0.2, 0.25) is 0 Å². The van der Waals surface area contributed by atoms with Gasteiger partial charge in [0.05, 0.1) is 5.56 Å². The van der Waals surface area contributed by atoms with Crippen LogP contribution in [0.15, 0.2) is 22.4 Å². The number of carbonyl (C=O) groups is 1. The van der Waals surface area contributed by atoms with Gasteiger partial charge in [-0.25, -0.2) is 0 Å². The van der Waals surface area contributed by atoms with E-state index in [1.807, 2.05) is 5.38 Å². The lowest BCUT2D eigenvalue weighted by atomic mass is 10.1. The van der Waals surface area contributed by atoms with Crippen molar-refractivity contribution in [1.82, 2.24) is 0 Å². The fourth-order valence-electron chi connectivity index (χ4n) is 1.25. The average molecular weight is 210 g/mol. The first-order chi connectivity index (χ1) is 6.24. The lowest BCUT2D eigenvalue weighted by Gasteiger charge is -1.98. The zero-order chi connectivity index (χ0) is 9.42. The summed E-state index contributed by atoms with van der Waals surface area (Å²) in [6, 6.07) is 3.30. The van der Waals surface area contributed by atoms with Crippen molar-refractivity contribution in [1.29, 1.82) is 0 Å². The van der Waals surface area contributed by atoms with Gasteiger partial charge in [-0.1, -0.05) is 0 Å². The van der Waals surface area contributed by atoms with Gasteiger partial charge in [0.2, 0.25) is 0 Å². The Morgan fingerprint density at radius 3 is 2.92 bits per heavy atom. The second-order valence-corrected chi connectivity index (χ2v) is 4.00. The molecule has 2 rings (SSSR count). The number of thiol groups is 1. The predicted molar refractivity (Wildman–Crippen MR) is 56.1 cm³/mol. The zero-order valence-corrected chi connectivity index (χ0v) is 8.23. The number of hydrogen-bond donors (Lipinski definition) is 2. The molecule has 0 unspecified atom stereocenters. The Hall–Kier alpha value is -1.00. The van der Waals surface area contributed by atoms with E-state index in [0.717, 1.165) is 15.0 Å². The molecule has 0 saturated carbocycles. The van der Waals surface area contributed by atoms with Crippen molar-refractivity contribution in [3.8, 4) is 5.75 Å². The third-order valence-electron chi connectivity index (χ3n) is 1.86. The van der Waals surface area contributed by atoms with Crippen LogP contribution in [0, 0.1) is 0 Å². The highest BCUT2D eigenvalue weighted by Crippen LogP contribution is 2.34. The van der Waals surface area contributed by atoms with Gasteiger partial charge in [-0.05, 0) is 12.1 Å². The Bertz CT molecular complexity index is 474. The molecule has 13 heavy (non-hydrogen) atoms. The largest absolute Gasteiger partial charge is 0.507 e. The fraction of sp³-hybridized carbons (Fsp3) is 0. The maximum absolute atomic E-state index is 10.7. The molecule has 0 amide bonds. The molecule has 0 aliphatic carbocycles. The highest BCUT2D eigenvalue weighted by Gasteiger charge is 2.09. The van der Waals surface area contributed by atoms with Crippen molar-refractivity contribution in [2.75, 3.05) is 0 Å². The number of aromatic hydroxyl groups is 1. The molecule has 1 aromatic carbocycles. The molecule has 2 aromatic rings. The molecular formula is C9H6O2S2. The van der Waals surface area contributed by atoms with E-state index in [4.69, 9.17) is 0 Å². The number of thiophene rings is 1. The number of phenols is 1. The summed E-state index contributed by atoms with van der Waals surface area (Å²) in [5, 5.41) is 12.0. The van der Waals surface area contributed by atoms with Gasteiger partial charge in [0.25, 0.3) is 0 Å². The Morgan fingerprint density at radius 1 is 1.46 bits per heavy atom. The number of fused-ring (bicyclic) bond motifs is 1. The van der Waals surface area contributed by atoms with Crippen LogP contribution in [-0.4, -0.2) is 11.4 Å². The van der Waals surface area contributed by atoms with Crippen LogP contribution in [-0.2, 0) is 0 Å². The second-order valence-electron chi connectivity index (χ2n) is 2.61. The smallest absolute Gasteiger partial charge is 0.154 e. The Morgan fingerprint density at radius 2 is 2.23 bits per heavy atom. The van der Waals surface area contributed by atoms with E-state index in [0.29, 0.717) is 11.8 Å². The molecule has 0 saturated heterocycles. The second kappa shape index (κ2) is 3.05. The van der Waals surface area contributed by atoms with Crippen LogP contribution in [0.4, 0.5) is 0 Å². The van der Waals surface area contributed by atoms with Crippen molar-refractivity contribution in [3.63, 3.8) is 0 Å². The van der Waals surface area contributed by atoms with Gasteiger partial charge in [-0.15, -0.1) is 24.0 Å². The standard InChI is InChI=1S/C9H6O2S2/c10-3-5-6(11)1-2-8-9(5)7(12)4-13-8/h1-4,11-12H. The van der Waals surface area contributed by atoms with Crippen LogP contribution in [0.25, 0.3) is 10.1 Å². The number of phenolic OH excluding ortho intramolecular Hbond substituents is 1. The molecule has 0 aliphatic heterocycles. The minimum absolute atomic E-state index is 0.0104. The number of rotatable bonds is 1. The van der Waals surface area contributed by atoms with E-state index in [-0.39, 0.29) is 5.75 Å². The summed E-state index contributed by atoms with van der Waals surface area (Å²) < 4.78 is 0.963. The van der Waals surface area contributed by atoms with E-state index in [1.165, 1.54) is 17.4 Å². The van der Waals surface area contributed by atoms with Gasteiger partial charge in [0.1, 0.15) is 5.75 Å². The van der Waals surface area contributed by atoms with E-state index in [1.54, 1.807) is 6.07 Å². The van der Waals surface area contributed by atoms with E-state index < -0.39 is 0 Å². The summed E-state index contributed by atoms with van der Waals surface area (Å²) in [6.45, 7) is 0. The van der Waals surface area contributed by atoms with Crippen molar-refractivity contribution >= 4 is 40.3 Å². The lowest BCUT2D eigenvalue weighted by molar-refractivity contribution is 0.112. The molecular weight excluding hydrogens is 204 g/mol. The number of aldehydes is 1. The Labute approximate surface area is 84.2 Å². The van der Waals surface area contributed by atoms with Crippen LogP contribution in [0.5, 0.6) is 5.75 Å². The van der Waals surface area contributed by atoms with Crippen LogP contribution in [0.1, 0.15) is 10.4 Å². The van der Waals surface area contributed by atoms with Crippen LogP contribution in [0.3, 0.4) is 0 Å². The molecule has 0 spiro atoms. The van der Waals surface area contributed by atoms with Crippen molar-refractivity contribution < 1.29 is 9.90 Å². The molecule has 2 nitrogen and oxygen atoms in total. The molecule has 66 valence electrons. The first kappa shape index (κ1) is 8.59. The van der Waals surface area contributed by atoms with Crippen molar-refractivity contribution in [3.05, 3.63) is 23.1 Å². The first-order valence-electron chi connectivity index (χ1n) is 3.61. The summed E-state index contributed by atoms with van der Waals surface area (Å²) in [5.41, 5.74) is 0.323. The number of carbonyl (C=O) groups excluding carboxylic acids is 1. The summed E-state index contributed by atoms with van der Waals surface area (Å²) >= 11 is 5.72. The topological polar surface area (TPSA) is 37.3 Å². The molecule has 1 aromatic heterocycles. The summed E-state index contributed by atoms with van der Waals surface area (Å²) in [4.78, 5) is 11.4. The van der Waals surface area contributed by atoms with Gasteiger partial charge in [0, 0.05) is 20.4 Å². The molecule has 1 heterocycles. The maximum atomic E-state index is 10.7. The minimum Gasteiger partial charge on any atom is -0.507 e. The van der Waals surface area contributed by atoms with Crippen LogP contribution >= 0.6 is 24.0 Å². The normalized spacial score (nSPS) is 10.5. The third kappa shape index (κ3) is 1.22. The maximum Gasteiger partial charge on any atom is 0.154 e. The number of hydrogen-bond acceptors (Lipinski definition) is 4. The molecule has 0 radical (unpaired) electrons. The van der Waals surface area contributed by atoms with Gasteiger partial charge in [0.15, 0.2) is 6.29 Å². The summed E-state index contributed by atoms with van der Waals surface area (Å²) in [7, 11) is 0. The Kier molecular flexibility index (Phi) is 2.01. The number of benzene rings is 1. The fourth-order valence-corrected chi connectivity index (χ4v) is 2.56. The van der Waals surface area contributed by atoms with E-state index in [9.17, 15) is 9.90 Å². The van der Waals surface area contributed by atoms with E-state index in [2.05, 4.69) is 12.6 Å². The lowest BCUT2D eigenvalue weighted by Crippen LogP contribution is -1.82. The quantitative estimate of drug-likeness (QED) is 0.561. The highest BCUT2D eigenvalue weighted by atomic mass is 32.1. The highest BCUT2D eigenvalue weighted by molar-refractivity contribution is 7.80. The van der Waals surface area contributed by atoms with E-state index >= 15 is 0 Å². The Balaban J connectivity index is 2.96. The monoisotopic (exact) mass is 210 g/mol. The molecule has 0 aliphatic rings. The molecule has 1 N–H and O–H groups in total. The molecule has 0 fully saturated rings. The van der Waals surface area contributed by atoms with Crippen molar-refractivity contribution in [2.45, 2.75) is 4.90 Å². The van der Waals surface area contributed by atoms with Gasteiger partial charge >= 0.3 is 0 Å². The molecule has 4 heteroatoms. The molecule has 0 atom stereocenters. The average Bonchev–Trinajstić information content (AvgIpc) is 2.49. The summed E-state index contributed by atoms with van der Waals surface area (Å²) in [5.74, 6) is 0.0104. The van der Waals surface area contributed by atoms with Crippen molar-refractivity contribution in [2.24, 2.45) is 0 Å². The first-order valence-corrected chi connectivity index (χ1v) is 4.94. The molecule has 0 bridgehead atoms. The minimum atomic E-state index is 0.0104. The third-order valence-corrected chi connectivity index (χ3v) is 3.33. The predicted octanol–water partition coefficient (Wildman–Crippen LogP) is 2.71. The summed E-state index contributed by atoms with van der Waals surface area (Å²) in [6.07, 6.45) is 0.657. The zero-order valence-electron chi connectivity index (χ0n) is 6.52. The van der Waals surface area contributed by atoms with Gasteiger partial charge < -0.3 is 5.11 Å². The van der Waals surface area contributed by atoms with Gasteiger partial charge in [-0.3, -0.25) is 4.79 Å². The SMILES string of the molecule is O=Cc1c(O)ccc2scc(S)c12.